The molecule has 0 saturated carbocycles. The lowest BCUT2D eigenvalue weighted by molar-refractivity contribution is 0.0488. The molecule has 1 heterocycles. The van der Waals surface area contributed by atoms with Crippen molar-refractivity contribution in [1.29, 1.82) is 0 Å². The number of benzene rings is 3. The highest BCUT2D eigenvalue weighted by Gasteiger charge is 2.29. The fraction of sp³-hybridized carbons (Fsp3) is 0.276. The van der Waals surface area contributed by atoms with Crippen LogP contribution in [0.5, 0.6) is 0 Å². The molecule has 0 spiro atoms. The second-order valence-corrected chi connectivity index (χ2v) is 15.0. The van der Waals surface area contributed by atoms with Gasteiger partial charge in [0.25, 0.3) is 20.1 Å². The maximum absolute atomic E-state index is 13.8. The average Bonchev–Trinajstić information content (AvgIpc) is 3.25. The normalized spacial score (nSPS) is 13.2. The molecule has 0 bridgehead atoms. The zero-order valence-electron chi connectivity index (χ0n) is 23.2. The van der Waals surface area contributed by atoms with Crippen LogP contribution < -0.4 is 5.32 Å². The Kier molecular flexibility index (Phi) is 8.70. The summed E-state index contributed by atoms with van der Waals surface area (Å²) in [4.78, 5) is 12.9. The molecule has 1 amide bonds. The summed E-state index contributed by atoms with van der Waals surface area (Å²) in [6.45, 7) is 8.24. The maximum atomic E-state index is 13.8. The van der Waals surface area contributed by atoms with Gasteiger partial charge in [0.15, 0.2) is 0 Å². The minimum atomic E-state index is -4.20. The SMILES string of the molecule is Cc1ccc(S(=O)(=O)OCC(NC(=O)OC(C)(C)C)c2cn(S(=O)(=O)c3ccc(C)cc3)c3cc(Br)ccc23)cc1. The number of carbonyl (C=O) groups is 1. The van der Waals surface area contributed by atoms with Crippen molar-refractivity contribution in [2.45, 2.75) is 56.1 Å². The predicted molar refractivity (Wildman–Crippen MR) is 160 cm³/mol. The number of alkyl carbamates (subject to hydrolysis) is 1. The van der Waals surface area contributed by atoms with E-state index in [9.17, 15) is 21.6 Å². The van der Waals surface area contributed by atoms with Gasteiger partial charge in [-0.15, -0.1) is 0 Å². The van der Waals surface area contributed by atoms with Crippen LogP contribution in [0.25, 0.3) is 10.9 Å². The Morgan fingerprint density at radius 3 is 2.02 bits per heavy atom. The summed E-state index contributed by atoms with van der Waals surface area (Å²) in [5.74, 6) is 0. The number of fused-ring (bicyclic) bond motifs is 1. The van der Waals surface area contributed by atoms with Crippen molar-refractivity contribution < 1.29 is 30.6 Å². The van der Waals surface area contributed by atoms with Gasteiger partial charge in [-0.2, -0.15) is 8.42 Å². The lowest BCUT2D eigenvalue weighted by Crippen LogP contribution is -2.37. The van der Waals surface area contributed by atoms with Crippen LogP contribution in [0.2, 0.25) is 0 Å². The molecule has 218 valence electrons. The van der Waals surface area contributed by atoms with Crippen LogP contribution in [0.15, 0.2) is 87.2 Å². The number of rotatable bonds is 8. The summed E-state index contributed by atoms with van der Waals surface area (Å²) in [6.07, 6.45) is 0.550. The first kappa shape index (κ1) is 30.8. The first-order valence-corrected chi connectivity index (χ1v) is 16.3. The van der Waals surface area contributed by atoms with E-state index in [4.69, 9.17) is 8.92 Å². The highest BCUT2D eigenvalue weighted by molar-refractivity contribution is 9.10. The summed E-state index contributed by atoms with van der Waals surface area (Å²) in [6, 6.07) is 16.5. The third-order valence-electron chi connectivity index (χ3n) is 6.11. The number of amides is 1. The summed E-state index contributed by atoms with van der Waals surface area (Å²) in [5, 5.41) is 3.14. The fourth-order valence-electron chi connectivity index (χ4n) is 4.09. The first-order valence-electron chi connectivity index (χ1n) is 12.7. The summed E-state index contributed by atoms with van der Waals surface area (Å²) < 4.78 is 66.1. The molecular weight excluding hydrogens is 632 g/mol. The topological polar surface area (TPSA) is 121 Å². The number of aryl methyl sites for hydroxylation is 2. The van der Waals surface area contributed by atoms with Crippen LogP contribution in [-0.2, 0) is 29.1 Å². The molecule has 9 nitrogen and oxygen atoms in total. The van der Waals surface area contributed by atoms with Crippen LogP contribution in [-0.4, -0.2) is 39.1 Å². The Balaban J connectivity index is 1.81. The largest absolute Gasteiger partial charge is 0.444 e. The number of halogens is 1. The molecule has 0 aliphatic heterocycles. The predicted octanol–water partition coefficient (Wildman–Crippen LogP) is 6.23. The van der Waals surface area contributed by atoms with Gasteiger partial charge in [-0.1, -0.05) is 57.4 Å². The van der Waals surface area contributed by atoms with Crippen molar-refractivity contribution in [2.24, 2.45) is 0 Å². The smallest absolute Gasteiger partial charge is 0.408 e. The Bertz CT molecular complexity index is 1790. The number of ether oxygens (including phenoxy) is 1. The molecule has 1 atom stereocenters. The van der Waals surface area contributed by atoms with Crippen molar-refractivity contribution in [3.63, 3.8) is 0 Å². The second-order valence-electron chi connectivity index (χ2n) is 10.6. The molecule has 1 unspecified atom stereocenters. The molecule has 1 N–H and O–H groups in total. The van der Waals surface area contributed by atoms with Gasteiger partial charge in [-0.3, -0.25) is 4.18 Å². The molecule has 12 heteroatoms. The fourth-order valence-corrected chi connectivity index (χ4v) is 6.73. The van der Waals surface area contributed by atoms with Crippen LogP contribution >= 0.6 is 15.9 Å². The van der Waals surface area contributed by atoms with E-state index < -0.39 is 44.5 Å². The molecular formula is C29H31BrN2O7S2. The van der Waals surface area contributed by atoms with E-state index in [-0.39, 0.29) is 9.79 Å². The lowest BCUT2D eigenvalue weighted by atomic mass is 10.1. The maximum Gasteiger partial charge on any atom is 0.408 e. The number of hydrogen-bond acceptors (Lipinski definition) is 7. The van der Waals surface area contributed by atoms with E-state index in [1.807, 2.05) is 13.8 Å². The standard InChI is InChI=1S/C29H31BrN2O7S2/c1-19-6-11-22(12-7-19)40(34,35)32-17-25(24-15-10-21(30)16-27(24)32)26(31-28(33)39-29(3,4)5)18-38-41(36,37)23-13-8-20(2)9-14-23/h6-17,26H,18H2,1-5H3,(H,31,33). The number of carbonyl (C=O) groups excluding carboxylic acids is 1. The monoisotopic (exact) mass is 662 g/mol. The molecule has 4 aromatic rings. The van der Waals surface area contributed by atoms with E-state index in [2.05, 4.69) is 21.2 Å². The zero-order chi connectivity index (χ0) is 30.2. The average molecular weight is 664 g/mol. The van der Waals surface area contributed by atoms with Crippen LogP contribution in [0.3, 0.4) is 0 Å². The third kappa shape index (κ3) is 7.18. The lowest BCUT2D eigenvalue weighted by Gasteiger charge is -2.23. The van der Waals surface area contributed by atoms with Gasteiger partial charge in [-0.05, 0) is 71.0 Å². The number of nitrogens with one attached hydrogen (secondary N) is 1. The van der Waals surface area contributed by atoms with Gasteiger partial charge < -0.3 is 10.1 Å². The van der Waals surface area contributed by atoms with Crippen molar-refractivity contribution in [1.82, 2.24) is 9.29 Å². The van der Waals surface area contributed by atoms with Crippen molar-refractivity contribution in [3.05, 3.63) is 94.1 Å². The Morgan fingerprint density at radius 2 is 1.46 bits per heavy atom. The van der Waals surface area contributed by atoms with Crippen LogP contribution in [0.1, 0.15) is 43.5 Å². The van der Waals surface area contributed by atoms with Crippen molar-refractivity contribution in [3.8, 4) is 0 Å². The first-order chi connectivity index (χ1) is 19.1. The molecule has 4 rings (SSSR count). The van der Waals surface area contributed by atoms with Gasteiger partial charge in [0.1, 0.15) is 5.60 Å². The van der Waals surface area contributed by atoms with Gasteiger partial charge in [0, 0.05) is 21.6 Å². The minimum absolute atomic E-state index is 0.0487. The quantitative estimate of drug-likeness (QED) is 0.222. The van der Waals surface area contributed by atoms with Gasteiger partial charge in [0.05, 0.1) is 28.0 Å². The molecule has 3 aromatic carbocycles. The summed E-state index contributed by atoms with van der Waals surface area (Å²) in [5.41, 5.74) is 1.60. The molecule has 0 aliphatic carbocycles. The van der Waals surface area contributed by atoms with E-state index >= 15 is 0 Å². The van der Waals surface area contributed by atoms with Gasteiger partial charge >= 0.3 is 6.09 Å². The van der Waals surface area contributed by atoms with Crippen molar-refractivity contribution in [2.75, 3.05) is 6.61 Å². The molecule has 1 aromatic heterocycles. The van der Waals surface area contributed by atoms with E-state index in [0.717, 1.165) is 15.1 Å². The van der Waals surface area contributed by atoms with Crippen molar-refractivity contribution >= 4 is 53.1 Å². The molecule has 0 saturated heterocycles. The highest BCUT2D eigenvalue weighted by Crippen LogP contribution is 2.33. The van der Waals surface area contributed by atoms with E-state index in [0.29, 0.717) is 20.9 Å². The molecule has 0 aliphatic rings. The van der Waals surface area contributed by atoms with Crippen LogP contribution in [0, 0.1) is 13.8 Å². The third-order valence-corrected chi connectivity index (χ3v) is 9.59. The summed E-state index contributed by atoms with van der Waals surface area (Å²) >= 11 is 3.40. The second kappa shape index (κ2) is 11.6. The molecule has 0 radical (unpaired) electrons. The Labute approximate surface area is 248 Å². The molecule has 41 heavy (non-hydrogen) atoms. The van der Waals surface area contributed by atoms with E-state index in [1.165, 1.54) is 30.5 Å². The van der Waals surface area contributed by atoms with Gasteiger partial charge in [0.2, 0.25) is 0 Å². The van der Waals surface area contributed by atoms with Crippen LogP contribution in [0.4, 0.5) is 4.79 Å². The summed E-state index contributed by atoms with van der Waals surface area (Å²) in [7, 11) is -8.27. The number of hydrogen-bond donors (Lipinski definition) is 1. The zero-order valence-corrected chi connectivity index (χ0v) is 26.4. The Hall–Kier alpha value is -3.19. The number of nitrogens with zero attached hydrogens (tertiary/aromatic N) is 1. The molecule has 0 fully saturated rings. The Morgan fingerprint density at radius 1 is 0.902 bits per heavy atom. The minimum Gasteiger partial charge on any atom is -0.444 e. The van der Waals surface area contributed by atoms with Gasteiger partial charge in [-0.25, -0.2) is 17.2 Å². The van der Waals surface area contributed by atoms with E-state index in [1.54, 1.807) is 63.2 Å². The highest BCUT2D eigenvalue weighted by atomic mass is 79.9. The number of aromatic nitrogens is 1.